The molecule has 2 atom stereocenters. The molecule has 144 valence electrons. The van der Waals surface area contributed by atoms with E-state index in [0.717, 1.165) is 24.1 Å². The minimum absolute atomic E-state index is 0.160. The van der Waals surface area contributed by atoms with E-state index in [-0.39, 0.29) is 11.9 Å². The van der Waals surface area contributed by atoms with Gasteiger partial charge in [0.25, 0.3) is 0 Å². The van der Waals surface area contributed by atoms with Gasteiger partial charge in [0, 0.05) is 26.2 Å². The van der Waals surface area contributed by atoms with E-state index in [4.69, 9.17) is 9.47 Å². The lowest BCUT2D eigenvalue weighted by Crippen LogP contribution is -2.45. The SMILES string of the molecule is O=C(NCC(c1ccc(C(F)(F)F)cc1)N1CCOCC1)C1CCCO1. The molecule has 2 heterocycles. The zero-order valence-corrected chi connectivity index (χ0v) is 14.4. The van der Waals surface area contributed by atoms with Gasteiger partial charge in [-0.15, -0.1) is 0 Å². The van der Waals surface area contributed by atoms with Gasteiger partial charge in [-0.05, 0) is 30.5 Å². The van der Waals surface area contributed by atoms with Gasteiger partial charge in [-0.25, -0.2) is 0 Å². The zero-order chi connectivity index (χ0) is 18.6. The topological polar surface area (TPSA) is 50.8 Å². The summed E-state index contributed by atoms with van der Waals surface area (Å²) in [5.74, 6) is -0.160. The molecular weight excluding hydrogens is 349 g/mol. The van der Waals surface area contributed by atoms with Gasteiger partial charge in [0.1, 0.15) is 6.10 Å². The van der Waals surface area contributed by atoms with Crippen molar-refractivity contribution in [3.8, 4) is 0 Å². The normalized spacial score (nSPS) is 23.0. The molecule has 2 fully saturated rings. The molecule has 26 heavy (non-hydrogen) atoms. The molecule has 3 rings (SSSR count). The third-order valence-electron chi connectivity index (χ3n) is 4.80. The van der Waals surface area contributed by atoms with E-state index in [1.54, 1.807) is 0 Å². The minimum atomic E-state index is -4.36. The summed E-state index contributed by atoms with van der Waals surface area (Å²) in [5.41, 5.74) is 0.0675. The number of nitrogens with one attached hydrogen (secondary N) is 1. The lowest BCUT2D eigenvalue weighted by Gasteiger charge is -2.35. The standard InChI is InChI=1S/C18H23F3N2O3/c19-18(20,21)14-5-3-13(4-6-14)15(23-7-10-25-11-8-23)12-22-17(24)16-2-1-9-26-16/h3-6,15-16H,1-2,7-12H2,(H,22,24). The second-order valence-electron chi connectivity index (χ2n) is 6.53. The Balaban J connectivity index is 1.71. The molecule has 0 radical (unpaired) electrons. The van der Waals surface area contributed by atoms with E-state index in [2.05, 4.69) is 10.2 Å². The maximum atomic E-state index is 12.8. The number of nitrogens with zero attached hydrogens (tertiary/aromatic N) is 1. The molecular formula is C18H23F3N2O3. The molecule has 1 aromatic rings. The molecule has 2 saturated heterocycles. The zero-order valence-electron chi connectivity index (χ0n) is 14.4. The monoisotopic (exact) mass is 372 g/mol. The van der Waals surface area contributed by atoms with E-state index in [0.29, 0.717) is 45.9 Å². The van der Waals surface area contributed by atoms with Crippen LogP contribution in [0.1, 0.15) is 30.0 Å². The predicted octanol–water partition coefficient (Wildman–Crippen LogP) is 2.37. The largest absolute Gasteiger partial charge is 0.416 e. The average molecular weight is 372 g/mol. The summed E-state index contributed by atoms with van der Waals surface area (Å²) in [4.78, 5) is 14.3. The number of halogens is 3. The van der Waals surface area contributed by atoms with Crippen LogP contribution >= 0.6 is 0 Å². The first-order valence-corrected chi connectivity index (χ1v) is 8.83. The Hall–Kier alpha value is -1.64. The summed E-state index contributed by atoms with van der Waals surface area (Å²) in [6.45, 7) is 3.38. The highest BCUT2D eigenvalue weighted by Crippen LogP contribution is 2.31. The number of rotatable bonds is 5. The second kappa shape index (κ2) is 8.37. The van der Waals surface area contributed by atoms with Gasteiger partial charge in [0.2, 0.25) is 5.91 Å². The number of morpholine rings is 1. The first-order chi connectivity index (χ1) is 12.4. The molecule has 8 heteroatoms. The third kappa shape index (κ3) is 4.75. The molecule has 0 saturated carbocycles. The van der Waals surface area contributed by atoms with Crippen LogP contribution in [0, 0.1) is 0 Å². The van der Waals surface area contributed by atoms with Crippen LogP contribution in [0.3, 0.4) is 0 Å². The predicted molar refractivity (Wildman–Crippen MR) is 88.6 cm³/mol. The molecule has 0 bridgehead atoms. The van der Waals surface area contributed by atoms with Crippen LogP contribution in [-0.2, 0) is 20.4 Å². The van der Waals surface area contributed by atoms with Gasteiger partial charge in [-0.2, -0.15) is 13.2 Å². The van der Waals surface area contributed by atoms with E-state index in [1.165, 1.54) is 12.1 Å². The lowest BCUT2D eigenvalue weighted by atomic mass is 10.0. The highest BCUT2D eigenvalue weighted by Gasteiger charge is 2.31. The number of hydrogen-bond donors (Lipinski definition) is 1. The second-order valence-corrected chi connectivity index (χ2v) is 6.53. The van der Waals surface area contributed by atoms with Crippen molar-refractivity contribution in [2.24, 2.45) is 0 Å². The van der Waals surface area contributed by atoms with Crippen LogP contribution in [-0.4, -0.2) is 56.4 Å². The third-order valence-corrected chi connectivity index (χ3v) is 4.80. The van der Waals surface area contributed by atoms with Gasteiger partial charge < -0.3 is 14.8 Å². The molecule has 2 aliphatic rings. The van der Waals surface area contributed by atoms with Crippen LogP contribution in [0.25, 0.3) is 0 Å². The summed E-state index contributed by atoms with van der Waals surface area (Å²) in [5, 5.41) is 2.90. The Morgan fingerprint density at radius 1 is 1.19 bits per heavy atom. The van der Waals surface area contributed by atoms with E-state index >= 15 is 0 Å². The summed E-state index contributed by atoms with van der Waals surface area (Å²) in [7, 11) is 0. The molecule has 0 spiro atoms. The van der Waals surface area contributed by atoms with Crippen molar-refractivity contribution >= 4 is 5.91 Å². The first-order valence-electron chi connectivity index (χ1n) is 8.83. The summed E-state index contributed by atoms with van der Waals surface area (Å²) in [6, 6.07) is 4.95. The number of benzene rings is 1. The van der Waals surface area contributed by atoms with Crippen LogP contribution in [0.2, 0.25) is 0 Å². The van der Waals surface area contributed by atoms with Crippen molar-refractivity contribution in [1.29, 1.82) is 0 Å². The Bertz CT molecular complexity index is 595. The molecule has 2 unspecified atom stereocenters. The average Bonchev–Trinajstić information content (AvgIpc) is 3.17. The highest BCUT2D eigenvalue weighted by molar-refractivity contribution is 5.81. The van der Waals surface area contributed by atoms with Gasteiger partial charge in [-0.1, -0.05) is 12.1 Å². The van der Waals surface area contributed by atoms with E-state index < -0.39 is 17.8 Å². The van der Waals surface area contributed by atoms with Gasteiger partial charge in [-0.3, -0.25) is 9.69 Å². The van der Waals surface area contributed by atoms with Gasteiger partial charge in [0.15, 0.2) is 0 Å². The number of carbonyl (C=O) groups excluding carboxylic acids is 1. The molecule has 1 N–H and O–H groups in total. The Morgan fingerprint density at radius 3 is 2.46 bits per heavy atom. The summed E-state index contributed by atoms with van der Waals surface area (Å²) in [6.07, 6.45) is -3.22. The fourth-order valence-electron chi connectivity index (χ4n) is 3.34. The minimum Gasteiger partial charge on any atom is -0.379 e. The van der Waals surface area contributed by atoms with Crippen molar-refractivity contribution in [3.63, 3.8) is 0 Å². The van der Waals surface area contributed by atoms with Crippen molar-refractivity contribution in [2.45, 2.75) is 31.2 Å². The van der Waals surface area contributed by atoms with E-state index in [9.17, 15) is 18.0 Å². The smallest absolute Gasteiger partial charge is 0.379 e. The highest BCUT2D eigenvalue weighted by atomic mass is 19.4. The lowest BCUT2D eigenvalue weighted by molar-refractivity contribution is -0.137. The number of carbonyl (C=O) groups is 1. The van der Waals surface area contributed by atoms with Gasteiger partial charge in [0.05, 0.1) is 24.8 Å². The number of hydrogen-bond acceptors (Lipinski definition) is 4. The molecule has 1 amide bonds. The van der Waals surface area contributed by atoms with E-state index in [1.807, 2.05) is 0 Å². The van der Waals surface area contributed by atoms with Crippen molar-refractivity contribution in [3.05, 3.63) is 35.4 Å². The fraction of sp³-hybridized carbons (Fsp3) is 0.611. The number of alkyl halides is 3. The Kier molecular flexibility index (Phi) is 6.16. The van der Waals surface area contributed by atoms with Crippen LogP contribution in [0.4, 0.5) is 13.2 Å². The van der Waals surface area contributed by atoms with Gasteiger partial charge >= 0.3 is 6.18 Å². The quantitative estimate of drug-likeness (QED) is 0.862. The number of amides is 1. The van der Waals surface area contributed by atoms with Crippen LogP contribution in [0.15, 0.2) is 24.3 Å². The summed E-state index contributed by atoms with van der Waals surface area (Å²) >= 11 is 0. The Labute approximate surface area is 150 Å². The maximum absolute atomic E-state index is 12.8. The maximum Gasteiger partial charge on any atom is 0.416 e. The molecule has 5 nitrogen and oxygen atoms in total. The van der Waals surface area contributed by atoms with Crippen LogP contribution in [0.5, 0.6) is 0 Å². The van der Waals surface area contributed by atoms with Crippen molar-refractivity contribution in [1.82, 2.24) is 10.2 Å². The molecule has 1 aromatic carbocycles. The summed E-state index contributed by atoms with van der Waals surface area (Å²) < 4.78 is 49.2. The van der Waals surface area contributed by atoms with Crippen molar-refractivity contribution in [2.75, 3.05) is 39.5 Å². The fourth-order valence-corrected chi connectivity index (χ4v) is 3.34. The van der Waals surface area contributed by atoms with Crippen molar-refractivity contribution < 1.29 is 27.4 Å². The van der Waals surface area contributed by atoms with Crippen LogP contribution < -0.4 is 5.32 Å². The Morgan fingerprint density at radius 2 is 1.88 bits per heavy atom. The molecule has 0 aromatic heterocycles. The first kappa shape index (κ1) is 19.1. The number of ether oxygens (including phenoxy) is 2. The molecule has 2 aliphatic heterocycles. The molecule has 0 aliphatic carbocycles.